The van der Waals surface area contributed by atoms with Gasteiger partial charge in [-0.25, -0.2) is 9.19 Å². The van der Waals surface area contributed by atoms with E-state index in [1.165, 1.54) is 0 Å². The summed E-state index contributed by atoms with van der Waals surface area (Å²) in [4.78, 5) is 8.35. The number of pyridine rings is 1. The van der Waals surface area contributed by atoms with Crippen molar-refractivity contribution in [3.8, 4) is 16.9 Å². The number of hydrogen-bond acceptors (Lipinski definition) is 3. The van der Waals surface area contributed by atoms with Gasteiger partial charge in [0.15, 0.2) is 16.2 Å². The fraction of sp³-hybridized carbons (Fsp3) is 0.0667. The molecule has 0 saturated carbocycles. The van der Waals surface area contributed by atoms with Gasteiger partial charge in [0.05, 0.1) is 29.0 Å². The summed E-state index contributed by atoms with van der Waals surface area (Å²) in [5.41, 5.74) is 3.07. The van der Waals surface area contributed by atoms with Gasteiger partial charge in [-0.15, -0.1) is 0 Å². The fourth-order valence-corrected chi connectivity index (χ4v) is 2.82. The Labute approximate surface area is 134 Å². The van der Waals surface area contributed by atoms with Gasteiger partial charge in [-0.1, -0.05) is 41.9 Å². The van der Waals surface area contributed by atoms with E-state index in [2.05, 4.69) is 9.97 Å². The lowest BCUT2D eigenvalue weighted by Gasteiger charge is -2.09. The summed E-state index contributed by atoms with van der Waals surface area (Å²) in [5, 5.41) is 0.409. The molecule has 1 N–H and O–H groups in total. The molecule has 7 heteroatoms. The highest BCUT2D eigenvalue weighted by atomic mass is 35.5. The number of aromatic nitrogens is 3. The van der Waals surface area contributed by atoms with E-state index in [0.717, 1.165) is 16.9 Å². The Balaban J connectivity index is 2.01. The van der Waals surface area contributed by atoms with E-state index in [4.69, 9.17) is 16.2 Å². The highest BCUT2D eigenvalue weighted by molar-refractivity contribution is 7.78. The summed E-state index contributed by atoms with van der Waals surface area (Å²) in [6.07, 6.45) is 3.26. The monoisotopic (exact) mass is 333 g/mol. The SMILES string of the molecule is O=S(O)Cc1ccc(-n2cnc(Cl)c2-c2ccccc2)cn1. The molecule has 2 aromatic heterocycles. The quantitative estimate of drug-likeness (QED) is 0.744. The molecule has 0 spiro atoms. The van der Waals surface area contributed by atoms with Crippen LogP contribution in [0.5, 0.6) is 0 Å². The first-order valence-electron chi connectivity index (χ1n) is 6.46. The average Bonchev–Trinajstić information content (AvgIpc) is 2.90. The molecule has 3 aromatic rings. The maximum atomic E-state index is 10.8. The van der Waals surface area contributed by atoms with Crippen LogP contribution in [0, 0.1) is 0 Å². The number of benzene rings is 1. The van der Waals surface area contributed by atoms with Gasteiger partial charge in [0.25, 0.3) is 0 Å². The van der Waals surface area contributed by atoms with E-state index >= 15 is 0 Å². The third-order valence-corrected chi connectivity index (χ3v) is 3.95. The van der Waals surface area contributed by atoms with Crippen molar-refractivity contribution < 1.29 is 8.76 Å². The van der Waals surface area contributed by atoms with E-state index < -0.39 is 11.1 Å². The minimum absolute atomic E-state index is 0.0104. The first-order chi connectivity index (χ1) is 10.6. The van der Waals surface area contributed by atoms with E-state index in [9.17, 15) is 4.21 Å². The van der Waals surface area contributed by atoms with Crippen molar-refractivity contribution in [2.75, 3.05) is 0 Å². The fourth-order valence-electron chi connectivity index (χ4n) is 2.15. The van der Waals surface area contributed by atoms with E-state index in [-0.39, 0.29) is 5.75 Å². The zero-order valence-corrected chi connectivity index (χ0v) is 13.0. The molecule has 112 valence electrons. The van der Waals surface area contributed by atoms with E-state index in [1.807, 2.05) is 41.0 Å². The second kappa shape index (κ2) is 6.39. The molecule has 1 unspecified atom stereocenters. The molecule has 0 aliphatic rings. The highest BCUT2D eigenvalue weighted by Gasteiger charge is 2.13. The van der Waals surface area contributed by atoms with Crippen molar-refractivity contribution in [1.82, 2.24) is 14.5 Å². The molecular formula is C15H12ClN3O2S. The lowest BCUT2D eigenvalue weighted by atomic mass is 10.1. The third kappa shape index (κ3) is 3.09. The van der Waals surface area contributed by atoms with Gasteiger partial charge in [0, 0.05) is 5.56 Å². The molecule has 0 aliphatic heterocycles. The Morgan fingerprint density at radius 2 is 1.91 bits per heavy atom. The van der Waals surface area contributed by atoms with Crippen LogP contribution in [0.1, 0.15) is 5.69 Å². The van der Waals surface area contributed by atoms with Crippen molar-refractivity contribution >= 4 is 22.7 Å². The van der Waals surface area contributed by atoms with Gasteiger partial charge in [0.2, 0.25) is 0 Å². The highest BCUT2D eigenvalue weighted by Crippen LogP contribution is 2.29. The topological polar surface area (TPSA) is 68.0 Å². The molecule has 0 fully saturated rings. The van der Waals surface area contributed by atoms with Crippen LogP contribution >= 0.6 is 11.6 Å². The third-order valence-electron chi connectivity index (χ3n) is 3.13. The summed E-state index contributed by atoms with van der Waals surface area (Å²) in [6, 6.07) is 13.2. The summed E-state index contributed by atoms with van der Waals surface area (Å²) in [7, 11) is 0. The van der Waals surface area contributed by atoms with Gasteiger partial charge in [-0.2, -0.15) is 0 Å². The van der Waals surface area contributed by atoms with Crippen molar-refractivity contribution in [2.24, 2.45) is 0 Å². The molecule has 3 rings (SSSR count). The number of halogens is 1. The summed E-state index contributed by atoms with van der Waals surface area (Å²) >= 11 is 4.30. The molecule has 0 amide bonds. The predicted octanol–water partition coefficient (Wildman–Crippen LogP) is 3.31. The first kappa shape index (κ1) is 14.9. The summed E-state index contributed by atoms with van der Waals surface area (Å²) in [5.74, 6) is 0.0104. The molecule has 0 radical (unpaired) electrons. The Morgan fingerprint density at radius 3 is 2.55 bits per heavy atom. The van der Waals surface area contributed by atoms with Gasteiger partial charge >= 0.3 is 0 Å². The van der Waals surface area contributed by atoms with Crippen LogP contribution in [0.25, 0.3) is 16.9 Å². The Hall–Kier alpha value is -2.02. The van der Waals surface area contributed by atoms with Crippen molar-refractivity contribution in [2.45, 2.75) is 5.75 Å². The van der Waals surface area contributed by atoms with Crippen LogP contribution in [0.3, 0.4) is 0 Å². The van der Waals surface area contributed by atoms with Crippen molar-refractivity contribution in [3.05, 3.63) is 65.8 Å². The van der Waals surface area contributed by atoms with E-state index in [1.54, 1.807) is 18.6 Å². The maximum Gasteiger partial charge on any atom is 0.158 e. The first-order valence-corrected chi connectivity index (χ1v) is 8.11. The number of rotatable bonds is 4. The molecule has 1 atom stereocenters. The molecule has 5 nitrogen and oxygen atoms in total. The molecular weight excluding hydrogens is 322 g/mol. The molecule has 0 saturated heterocycles. The maximum absolute atomic E-state index is 10.8. The second-order valence-corrected chi connectivity index (χ2v) is 5.88. The Morgan fingerprint density at radius 1 is 1.14 bits per heavy atom. The molecule has 1 aromatic carbocycles. The predicted molar refractivity (Wildman–Crippen MR) is 86.3 cm³/mol. The largest absolute Gasteiger partial charge is 0.306 e. The molecule has 22 heavy (non-hydrogen) atoms. The summed E-state index contributed by atoms with van der Waals surface area (Å²) in [6.45, 7) is 0. The smallest absolute Gasteiger partial charge is 0.158 e. The van der Waals surface area contributed by atoms with Crippen LogP contribution in [-0.4, -0.2) is 23.3 Å². The minimum Gasteiger partial charge on any atom is -0.306 e. The zero-order valence-electron chi connectivity index (χ0n) is 11.4. The summed E-state index contributed by atoms with van der Waals surface area (Å²) < 4.78 is 21.5. The van der Waals surface area contributed by atoms with Crippen LogP contribution in [0.2, 0.25) is 5.15 Å². The van der Waals surface area contributed by atoms with Crippen LogP contribution in [0.15, 0.2) is 55.0 Å². The van der Waals surface area contributed by atoms with Crippen LogP contribution in [-0.2, 0) is 16.8 Å². The van der Waals surface area contributed by atoms with Gasteiger partial charge in [0.1, 0.15) is 6.33 Å². The zero-order chi connectivity index (χ0) is 15.5. The Bertz CT molecular complexity index is 803. The second-order valence-electron chi connectivity index (χ2n) is 4.59. The van der Waals surface area contributed by atoms with Crippen LogP contribution < -0.4 is 0 Å². The van der Waals surface area contributed by atoms with Gasteiger partial charge < -0.3 is 4.55 Å². The molecule has 2 heterocycles. The van der Waals surface area contributed by atoms with E-state index in [0.29, 0.717) is 10.8 Å². The number of nitrogens with zero attached hydrogens (tertiary/aromatic N) is 3. The Kier molecular flexibility index (Phi) is 4.33. The lowest BCUT2D eigenvalue weighted by Crippen LogP contribution is -2.00. The average molecular weight is 334 g/mol. The molecule has 0 bridgehead atoms. The van der Waals surface area contributed by atoms with Gasteiger partial charge in [-0.3, -0.25) is 9.55 Å². The number of imidazole rings is 1. The number of hydrogen-bond donors (Lipinski definition) is 1. The van der Waals surface area contributed by atoms with Crippen molar-refractivity contribution in [1.29, 1.82) is 0 Å². The molecule has 0 aliphatic carbocycles. The van der Waals surface area contributed by atoms with Gasteiger partial charge in [-0.05, 0) is 12.1 Å². The van der Waals surface area contributed by atoms with Crippen molar-refractivity contribution in [3.63, 3.8) is 0 Å². The standard InChI is InChI=1S/C15H12ClN3O2S/c16-15-14(11-4-2-1-3-5-11)19(10-18-15)13-7-6-12(17-8-13)9-22(20)21/h1-8,10H,9H2,(H,20,21). The minimum atomic E-state index is -1.90. The normalized spacial score (nSPS) is 12.3. The lowest BCUT2D eigenvalue weighted by molar-refractivity contribution is 0.563. The van der Waals surface area contributed by atoms with Crippen LogP contribution in [0.4, 0.5) is 0 Å².